The number of amides is 2. The lowest BCUT2D eigenvalue weighted by atomic mass is 9.91. The Bertz CT molecular complexity index is 352. The maximum absolute atomic E-state index is 12.4. The van der Waals surface area contributed by atoms with Crippen LogP contribution in [0, 0.1) is 5.92 Å². The number of piperidine rings is 1. The highest BCUT2D eigenvalue weighted by Crippen LogP contribution is 2.28. The van der Waals surface area contributed by atoms with Gasteiger partial charge in [0.15, 0.2) is 0 Å². The summed E-state index contributed by atoms with van der Waals surface area (Å²) in [7, 11) is 0. The Balaban J connectivity index is 1.63. The summed E-state index contributed by atoms with van der Waals surface area (Å²) in [6.45, 7) is 2.50. The fourth-order valence-electron chi connectivity index (χ4n) is 3.52. The molecule has 3 saturated heterocycles. The first kappa shape index (κ1) is 12.0. The molecule has 3 rings (SSSR count). The standard InChI is InChI=1S/C13H21N3O2/c17-12(7-9-3-1-5-14-9)16-6-2-4-10-11(16)8-15-13(10)18/h9-11,14H,1-8H2,(H,15,18). The third-order valence-electron chi connectivity index (χ3n) is 4.50. The van der Waals surface area contributed by atoms with Crippen molar-refractivity contribution < 1.29 is 9.59 Å². The summed E-state index contributed by atoms with van der Waals surface area (Å²) in [5, 5.41) is 6.26. The van der Waals surface area contributed by atoms with E-state index >= 15 is 0 Å². The Morgan fingerprint density at radius 1 is 1.33 bits per heavy atom. The van der Waals surface area contributed by atoms with Gasteiger partial charge >= 0.3 is 0 Å². The van der Waals surface area contributed by atoms with E-state index in [9.17, 15) is 9.59 Å². The molecule has 0 aliphatic carbocycles. The van der Waals surface area contributed by atoms with Crippen LogP contribution in [0.1, 0.15) is 32.1 Å². The lowest BCUT2D eigenvalue weighted by molar-refractivity contribution is -0.137. The third-order valence-corrected chi connectivity index (χ3v) is 4.50. The number of nitrogens with zero attached hydrogens (tertiary/aromatic N) is 1. The summed E-state index contributed by atoms with van der Waals surface area (Å²) >= 11 is 0. The fourth-order valence-corrected chi connectivity index (χ4v) is 3.52. The van der Waals surface area contributed by atoms with Gasteiger partial charge in [-0.2, -0.15) is 0 Å². The lowest BCUT2D eigenvalue weighted by Gasteiger charge is -2.36. The molecule has 3 fully saturated rings. The summed E-state index contributed by atoms with van der Waals surface area (Å²) in [4.78, 5) is 26.0. The van der Waals surface area contributed by atoms with Crippen LogP contribution in [-0.4, -0.2) is 48.4 Å². The van der Waals surface area contributed by atoms with E-state index in [1.54, 1.807) is 0 Å². The van der Waals surface area contributed by atoms with Crippen molar-refractivity contribution in [2.24, 2.45) is 5.92 Å². The number of likely N-dealkylation sites (tertiary alicyclic amines) is 1. The van der Waals surface area contributed by atoms with E-state index in [1.165, 1.54) is 6.42 Å². The van der Waals surface area contributed by atoms with E-state index in [4.69, 9.17) is 0 Å². The average molecular weight is 251 g/mol. The van der Waals surface area contributed by atoms with Crippen LogP contribution in [-0.2, 0) is 9.59 Å². The van der Waals surface area contributed by atoms with Crippen molar-refractivity contribution in [3.05, 3.63) is 0 Å². The first-order chi connectivity index (χ1) is 8.75. The SMILES string of the molecule is O=C1NCC2C1CCCN2C(=O)CC1CCCN1. The minimum atomic E-state index is 0.0410. The zero-order valence-electron chi connectivity index (χ0n) is 10.7. The Hall–Kier alpha value is -1.10. The largest absolute Gasteiger partial charge is 0.354 e. The minimum absolute atomic E-state index is 0.0410. The number of fused-ring (bicyclic) bond motifs is 1. The molecule has 3 heterocycles. The number of nitrogens with one attached hydrogen (secondary N) is 2. The van der Waals surface area contributed by atoms with Crippen molar-refractivity contribution in [1.82, 2.24) is 15.5 Å². The van der Waals surface area contributed by atoms with Gasteiger partial charge < -0.3 is 15.5 Å². The molecule has 0 bridgehead atoms. The van der Waals surface area contributed by atoms with E-state index in [-0.39, 0.29) is 23.8 Å². The summed E-state index contributed by atoms with van der Waals surface area (Å²) in [6, 6.07) is 0.461. The molecule has 0 aromatic carbocycles. The highest BCUT2D eigenvalue weighted by atomic mass is 16.2. The van der Waals surface area contributed by atoms with Crippen LogP contribution in [0.2, 0.25) is 0 Å². The van der Waals surface area contributed by atoms with Gasteiger partial charge in [-0.25, -0.2) is 0 Å². The monoisotopic (exact) mass is 251 g/mol. The molecule has 3 aliphatic rings. The Labute approximate surface area is 107 Å². The van der Waals surface area contributed by atoms with Crippen LogP contribution in [0.3, 0.4) is 0 Å². The second-order valence-electron chi connectivity index (χ2n) is 5.65. The molecule has 3 unspecified atom stereocenters. The predicted molar refractivity (Wildman–Crippen MR) is 66.9 cm³/mol. The summed E-state index contributed by atoms with van der Waals surface area (Å²) < 4.78 is 0. The van der Waals surface area contributed by atoms with Crippen molar-refractivity contribution in [1.29, 1.82) is 0 Å². The van der Waals surface area contributed by atoms with Crippen LogP contribution in [0.5, 0.6) is 0 Å². The van der Waals surface area contributed by atoms with Crippen molar-refractivity contribution in [2.45, 2.75) is 44.2 Å². The second kappa shape index (κ2) is 4.88. The van der Waals surface area contributed by atoms with Gasteiger partial charge in [-0.1, -0.05) is 0 Å². The molecule has 0 aromatic rings. The molecule has 2 amide bonds. The molecule has 5 heteroatoms. The Morgan fingerprint density at radius 2 is 2.22 bits per heavy atom. The molecule has 0 aromatic heterocycles. The normalized spacial score (nSPS) is 35.4. The van der Waals surface area contributed by atoms with Crippen LogP contribution in [0.25, 0.3) is 0 Å². The van der Waals surface area contributed by atoms with Crippen molar-refractivity contribution in [3.63, 3.8) is 0 Å². The number of carbonyl (C=O) groups excluding carboxylic acids is 2. The Kier molecular flexibility index (Phi) is 3.24. The van der Waals surface area contributed by atoms with Gasteiger partial charge in [0.25, 0.3) is 0 Å². The van der Waals surface area contributed by atoms with Gasteiger partial charge in [-0.05, 0) is 32.2 Å². The summed E-state index contributed by atoms with van der Waals surface area (Å²) in [6.07, 6.45) is 4.76. The summed E-state index contributed by atoms with van der Waals surface area (Å²) in [5.41, 5.74) is 0. The van der Waals surface area contributed by atoms with Gasteiger partial charge in [-0.3, -0.25) is 9.59 Å². The molecule has 3 atom stereocenters. The number of hydrogen-bond acceptors (Lipinski definition) is 3. The minimum Gasteiger partial charge on any atom is -0.354 e. The Morgan fingerprint density at radius 3 is 3.00 bits per heavy atom. The number of carbonyl (C=O) groups is 2. The topological polar surface area (TPSA) is 61.4 Å². The highest BCUT2D eigenvalue weighted by Gasteiger charge is 2.42. The maximum Gasteiger partial charge on any atom is 0.225 e. The molecule has 5 nitrogen and oxygen atoms in total. The highest BCUT2D eigenvalue weighted by molar-refractivity contribution is 5.84. The van der Waals surface area contributed by atoms with Crippen LogP contribution >= 0.6 is 0 Å². The van der Waals surface area contributed by atoms with E-state index in [0.717, 1.165) is 32.4 Å². The van der Waals surface area contributed by atoms with E-state index in [1.807, 2.05) is 4.90 Å². The molecule has 18 heavy (non-hydrogen) atoms. The van der Waals surface area contributed by atoms with Crippen molar-refractivity contribution in [2.75, 3.05) is 19.6 Å². The number of rotatable bonds is 2. The third kappa shape index (κ3) is 2.11. The van der Waals surface area contributed by atoms with Gasteiger partial charge in [0.2, 0.25) is 11.8 Å². The van der Waals surface area contributed by atoms with E-state index < -0.39 is 0 Å². The molecular weight excluding hydrogens is 230 g/mol. The van der Waals surface area contributed by atoms with Gasteiger partial charge in [0.05, 0.1) is 12.0 Å². The molecule has 2 N–H and O–H groups in total. The lowest BCUT2D eigenvalue weighted by Crippen LogP contribution is -2.49. The fraction of sp³-hybridized carbons (Fsp3) is 0.846. The molecule has 0 saturated carbocycles. The zero-order chi connectivity index (χ0) is 12.5. The number of hydrogen-bond donors (Lipinski definition) is 2. The smallest absolute Gasteiger partial charge is 0.225 e. The molecule has 100 valence electrons. The van der Waals surface area contributed by atoms with Crippen molar-refractivity contribution >= 4 is 11.8 Å². The first-order valence-corrected chi connectivity index (χ1v) is 7.06. The zero-order valence-corrected chi connectivity index (χ0v) is 10.7. The molecule has 0 radical (unpaired) electrons. The maximum atomic E-state index is 12.4. The molecule has 3 aliphatic heterocycles. The van der Waals surface area contributed by atoms with Gasteiger partial charge in [-0.15, -0.1) is 0 Å². The molecular formula is C13H21N3O2. The quantitative estimate of drug-likeness (QED) is 0.718. The molecule has 0 spiro atoms. The van der Waals surface area contributed by atoms with Gasteiger partial charge in [0.1, 0.15) is 0 Å². The second-order valence-corrected chi connectivity index (χ2v) is 5.65. The van der Waals surface area contributed by atoms with Crippen LogP contribution in [0.4, 0.5) is 0 Å². The van der Waals surface area contributed by atoms with Crippen LogP contribution < -0.4 is 10.6 Å². The van der Waals surface area contributed by atoms with E-state index in [2.05, 4.69) is 10.6 Å². The van der Waals surface area contributed by atoms with Crippen LogP contribution in [0.15, 0.2) is 0 Å². The van der Waals surface area contributed by atoms with Crippen molar-refractivity contribution in [3.8, 4) is 0 Å². The predicted octanol–water partition coefficient (Wildman–Crippen LogP) is -0.134. The first-order valence-electron chi connectivity index (χ1n) is 7.06. The average Bonchev–Trinajstić information content (AvgIpc) is 3.00. The van der Waals surface area contributed by atoms with E-state index in [0.29, 0.717) is 19.0 Å². The summed E-state index contributed by atoms with van der Waals surface area (Å²) in [5.74, 6) is 0.399. The van der Waals surface area contributed by atoms with Gasteiger partial charge in [0, 0.05) is 25.6 Å².